The van der Waals surface area contributed by atoms with Crippen molar-refractivity contribution in [3.05, 3.63) is 26.4 Å². The third-order valence-corrected chi connectivity index (χ3v) is 5.64. The first-order valence-corrected chi connectivity index (χ1v) is 8.09. The summed E-state index contributed by atoms with van der Waals surface area (Å²) in [4.78, 5) is 20.4. The minimum atomic E-state index is 0.0506. The number of carbonyl (C=O) groups is 1. The molecule has 0 spiro atoms. The van der Waals surface area contributed by atoms with Gasteiger partial charge in [0, 0.05) is 21.7 Å². The topological polar surface area (TPSA) is 30.0 Å². The lowest BCUT2D eigenvalue weighted by Gasteiger charge is -2.26. The molecular weight excluding hydrogens is 274 g/mol. The van der Waals surface area contributed by atoms with Crippen molar-refractivity contribution < 1.29 is 4.79 Å². The highest BCUT2D eigenvalue weighted by molar-refractivity contribution is 7.18. The molecule has 2 aromatic rings. The van der Waals surface area contributed by atoms with Crippen molar-refractivity contribution in [2.45, 2.75) is 40.5 Å². The van der Waals surface area contributed by atoms with Crippen molar-refractivity contribution in [3.63, 3.8) is 0 Å². The smallest absolute Gasteiger partial charge is 0.175 e. The van der Waals surface area contributed by atoms with Gasteiger partial charge in [0.1, 0.15) is 5.01 Å². The summed E-state index contributed by atoms with van der Waals surface area (Å²) in [6.45, 7) is 8.53. The van der Waals surface area contributed by atoms with E-state index in [0.717, 1.165) is 22.0 Å². The second-order valence-corrected chi connectivity index (χ2v) is 8.52. The average Bonchev–Trinajstić information content (AvgIpc) is 2.80. The van der Waals surface area contributed by atoms with E-state index in [9.17, 15) is 4.79 Å². The van der Waals surface area contributed by atoms with Crippen LogP contribution in [0.5, 0.6) is 0 Å². The Kier molecular flexibility index (Phi) is 2.91. The van der Waals surface area contributed by atoms with Crippen LogP contribution in [0.1, 0.15) is 45.4 Å². The van der Waals surface area contributed by atoms with Gasteiger partial charge < -0.3 is 0 Å². The lowest BCUT2D eigenvalue weighted by molar-refractivity contribution is 0.0916. The molecule has 0 saturated heterocycles. The molecule has 0 saturated carbocycles. The number of thiophene rings is 1. The normalized spacial score (nSPS) is 17.6. The van der Waals surface area contributed by atoms with Gasteiger partial charge in [-0.15, -0.1) is 22.7 Å². The first-order valence-electron chi connectivity index (χ1n) is 6.46. The fourth-order valence-electron chi connectivity index (χ4n) is 2.68. The van der Waals surface area contributed by atoms with Gasteiger partial charge in [0.05, 0.1) is 10.6 Å². The van der Waals surface area contributed by atoms with Crippen LogP contribution in [0.2, 0.25) is 0 Å². The molecule has 0 atom stereocenters. The first-order chi connectivity index (χ1) is 8.85. The number of ketones is 1. The van der Waals surface area contributed by atoms with Crippen LogP contribution in [-0.4, -0.2) is 10.8 Å². The summed E-state index contributed by atoms with van der Waals surface area (Å²) in [6.07, 6.45) is 1.55. The third-order valence-electron chi connectivity index (χ3n) is 3.51. The molecule has 2 aromatic heterocycles. The average molecular weight is 291 g/mol. The molecule has 100 valence electrons. The van der Waals surface area contributed by atoms with Gasteiger partial charge in [-0.25, -0.2) is 4.98 Å². The fraction of sp³-hybridized carbons (Fsp3) is 0.467. The molecule has 1 aliphatic carbocycles. The Hall–Kier alpha value is -1.00. The van der Waals surface area contributed by atoms with Crippen LogP contribution in [0, 0.1) is 19.3 Å². The maximum atomic E-state index is 12.2. The molecule has 0 aliphatic heterocycles. The monoisotopic (exact) mass is 291 g/mol. The number of aromatic nitrogens is 1. The zero-order valence-electron chi connectivity index (χ0n) is 11.7. The van der Waals surface area contributed by atoms with Crippen LogP contribution in [0.4, 0.5) is 0 Å². The Labute approximate surface area is 121 Å². The van der Waals surface area contributed by atoms with Crippen molar-refractivity contribution in [3.8, 4) is 10.6 Å². The van der Waals surface area contributed by atoms with Gasteiger partial charge in [0.15, 0.2) is 5.78 Å². The van der Waals surface area contributed by atoms with E-state index < -0.39 is 0 Å². The van der Waals surface area contributed by atoms with Crippen LogP contribution >= 0.6 is 22.7 Å². The van der Waals surface area contributed by atoms with Crippen LogP contribution in [0.15, 0.2) is 6.07 Å². The van der Waals surface area contributed by atoms with Gasteiger partial charge >= 0.3 is 0 Å². The maximum Gasteiger partial charge on any atom is 0.175 e. The number of rotatable bonds is 1. The lowest BCUT2D eigenvalue weighted by Crippen LogP contribution is -2.25. The first kappa shape index (κ1) is 13.0. The van der Waals surface area contributed by atoms with E-state index in [4.69, 9.17) is 4.98 Å². The van der Waals surface area contributed by atoms with Gasteiger partial charge in [0.2, 0.25) is 0 Å². The number of nitrogens with zero attached hydrogens (tertiary/aromatic N) is 1. The van der Waals surface area contributed by atoms with Crippen molar-refractivity contribution in [2.24, 2.45) is 5.41 Å². The van der Waals surface area contributed by atoms with E-state index in [0.29, 0.717) is 6.42 Å². The number of aryl methyl sites for hydroxylation is 2. The van der Waals surface area contributed by atoms with Crippen molar-refractivity contribution >= 4 is 28.5 Å². The summed E-state index contributed by atoms with van der Waals surface area (Å²) >= 11 is 3.36. The summed E-state index contributed by atoms with van der Waals surface area (Å²) in [5.41, 5.74) is 2.26. The van der Waals surface area contributed by atoms with Crippen molar-refractivity contribution in [1.29, 1.82) is 0 Å². The molecule has 4 heteroatoms. The molecule has 0 aromatic carbocycles. The van der Waals surface area contributed by atoms with Crippen molar-refractivity contribution in [2.75, 3.05) is 0 Å². The molecule has 19 heavy (non-hydrogen) atoms. The van der Waals surface area contributed by atoms with Crippen LogP contribution in [0.3, 0.4) is 0 Å². The number of fused-ring (bicyclic) bond motifs is 1. The number of thiazole rings is 1. The summed E-state index contributed by atoms with van der Waals surface area (Å²) in [7, 11) is 0. The largest absolute Gasteiger partial charge is 0.293 e. The molecule has 2 nitrogen and oxygen atoms in total. The second-order valence-electron chi connectivity index (χ2n) is 6.06. The van der Waals surface area contributed by atoms with E-state index in [-0.39, 0.29) is 11.2 Å². The lowest BCUT2D eigenvalue weighted by atomic mass is 9.78. The summed E-state index contributed by atoms with van der Waals surface area (Å²) in [5, 5.41) is 1.01. The molecule has 0 bridgehead atoms. The van der Waals surface area contributed by atoms with Gasteiger partial charge in [-0.3, -0.25) is 4.79 Å². The Morgan fingerprint density at radius 3 is 2.58 bits per heavy atom. The highest BCUT2D eigenvalue weighted by Crippen LogP contribution is 2.41. The second kappa shape index (κ2) is 4.25. The molecule has 0 fully saturated rings. The van der Waals surface area contributed by atoms with Gasteiger partial charge in [0.25, 0.3) is 0 Å². The predicted octanol–water partition coefficient (Wildman–Crippen LogP) is 4.64. The Bertz CT molecular complexity index is 664. The minimum Gasteiger partial charge on any atom is -0.293 e. The number of carbonyl (C=O) groups excluding carboxylic acids is 1. The highest BCUT2D eigenvalue weighted by Gasteiger charge is 2.34. The van der Waals surface area contributed by atoms with Gasteiger partial charge in [-0.05, 0) is 31.7 Å². The van der Waals surface area contributed by atoms with E-state index in [2.05, 4.69) is 33.8 Å². The fourth-order valence-corrected chi connectivity index (χ4v) is 4.76. The van der Waals surface area contributed by atoms with E-state index in [1.807, 2.05) is 0 Å². The van der Waals surface area contributed by atoms with Crippen LogP contribution in [-0.2, 0) is 6.42 Å². The number of hydrogen-bond acceptors (Lipinski definition) is 4. The Morgan fingerprint density at radius 1 is 1.21 bits per heavy atom. The van der Waals surface area contributed by atoms with E-state index >= 15 is 0 Å². The molecular formula is C15H17NOS2. The Morgan fingerprint density at radius 2 is 1.95 bits per heavy atom. The molecule has 0 radical (unpaired) electrons. The number of hydrogen-bond donors (Lipinski definition) is 0. The maximum absolute atomic E-state index is 12.2. The predicted molar refractivity (Wildman–Crippen MR) is 81.3 cm³/mol. The van der Waals surface area contributed by atoms with Gasteiger partial charge in [-0.1, -0.05) is 13.8 Å². The summed E-state index contributed by atoms with van der Waals surface area (Å²) in [5.74, 6) is 0.264. The Balaban J connectivity index is 2.08. The summed E-state index contributed by atoms with van der Waals surface area (Å²) in [6, 6.07) is 2.18. The third kappa shape index (κ3) is 2.28. The van der Waals surface area contributed by atoms with Gasteiger partial charge in [-0.2, -0.15) is 0 Å². The number of Topliss-reactive ketones (excluding diaryl/α,β-unsaturated/α-hetero) is 1. The van der Waals surface area contributed by atoms with Crippen LogP contribution in [0.25, 0.3) is 10.6 Å². The van der Waals surface area contributed by atoms with E-state index in [1.165, 1.54) is 15.3 Å². The molecule has 0 unspecified atom stereocenters. The van der Waals surface area contributed by atoms with E-state index in [1.54, 1.807) is 22.7 Å². The van der Waals surface area contributed by atoms with Crippen molar-refractivity contribution in [1.82, 2.24) is 4.98 Å². The summed E-state index contributed by atoms with van der Waals surface area (Å²) < 4.78 is 0. The molecule has 3 rings (SSSR count). The highest BCUT2D eigenvalue weighted by atomic mass is 32.1. The minimum absolute atomic E-state index is 0.0506. The molecule has 2 heterocycles. The molecule has 0 N–H and O–H groups in total. The standard InChI is InChI=1S/C15H17NOS2/c1-8-5-10(9(2)18-8)14-16-11-6-15(3,4)7-12(17)13(11)19-14/h5H,6-7H2,1-4H3. The zero-order valence-corrected chi connectivity index (χ0v) is 13.3. The SMILES string of the molecule is Cc1cc(-c2nc3c(s2)C(=O)CC(C)(C)C3)c(C)s1. The molecule has 1 aliphatic rings. The molecule has 0 amide bonds. The van der Waals surface area contributed by atoms with Crippen LogP contribution < -0.4 is 0 Å². The quantitative estimate of drug-likeness (QED) is 0.766. The zero-order chi connectivity index (χ0) is 13.8.